The van der Waals surface area contributed by atoms with Crippen LogP contribution < -0.4 is 9.04 Å². The number of ether oxygens (including phenoxy) is 1. The number of carbonyl (C=O) groups excluding carboxylic acids is 1. The number of benzene rings is 4. The molecule has 35 heavy (non-hydrogen) atoms. The Balaban J connectivity index is 1.36. The second kappa shape index (κ2) is 9.07. The molecule has 0 saturated carbocycles. The molecule has 1 heterocycles. The summed E-state index contributed by atoms with van der Waals surface area (Å²) in [6.45, 7) is 0.797. The number of hydrogen-bond donors (Lipinski definition) is 0. The Morgan fingerprint density at radius 2 is 1.71 bits per heavy atom. The summed E-state index contributed by atoms with van der Waals surface area (Å²) >= 11 is 0. The number of rotatable bonds is 6. The van der Waals surface area contributed by atoms with Gasteiger partial charge in [0, 0.05) is 25.7 Å². The SMILES string of the molecule is COc1ccc2cc(CN(C)C(=O)c3cccc(S(=O)(=O)N4CCc5ccccc54)c3)ccc2c1. The summed E-state index contributed by atoms with van der Waals surface area (Å²) in [6, 6.07) is 25.7. The molecule has 0 radical (unpaired) electrons. The third-order valence-corrected chi connectivity index (χ3v) is 8.20. The number of carbonyl (C=O) groups is 1. The average molecular weight is 487 g/mol. The van der Waals surface area contributed by atoms with Crippen LogP contribution in [0.1, 0.15) is 21.5 Å². The molecule has 0 aliphatic carbocycles. The molecule has 0 N–H and O–H groups in total. The second-order valence-corrected chi connectivity index (χ2v) is 10.6. The van der Waals surface area contributed by atoms with Gasteiger partial charge >= 0.3 is 0 Å². The van der Waals surface area contributed by atoms with E-state index < -0.39 is 10.0 Å². The van der Waals surface area contributed by atoms with Gasteiger partial charge in [-0.3, -0.25) is 9.10 Å². The normalized spacial score (nSPS) is 13.0. The molecule has 5 rings (SSSR count). The number of methoxy groups -OCH3 is 1. The Hall–Kier alpha value is -3.84. The van der Waals surface area contributed by atoms with E-state index in [2.05, 4.69) is 0 Å². The molecule has 0 unspecified atom stereocenters. The maximum atomic E-state index is 13.4. The molecule has 1 aliphatic heterocycles. The van der Waals surface area contributed by atoms with Crippen LogP contribution in [0.4, 0.5) is 5.69 Å². The van der Waals surface area contributed by atoms with Crippen LogP contribution in [0, 0.1) is 0 Å². The molecule has 1 aliphatic rings. The van der Waals surface area contributed by atoms with Gasteiger partial charge in [0.15, 0.2) is 0 Å². The Morgan fingerprint density at radius 3 is 2.54 bits per heavy atom. The molecular formula is C28H26N2O4S. The minimum atomic E-state index is -3.77. The standard InChI is InChI=1S/C28H26N2O4S/c1-29(19-20-10-11-23-17-25(34-2)13-12-22(23)16-20)28(31)24-7-5-8-26(18-24)35(32,33)30-15-14-21-6-3-4-9-27(21)30/h3-13,16-18H,14-15,19H2,1-2H3. The number of hydrogen-bond acceptors (Lipinski definition) is 4. The first-order chi connectivity index (χ1) is 16.9. The Morgan fingerprint density at radius 1 is 0.943 bits per heavy atom. The quantitative estimate of drug-likeness (QED) is 0.390. The molecule has 4 aromatic carbocycles. The summed E-state index contributed by atoms with van der Waals surface area (Å²) in [4.78, 5) is 14.9. The van der Waals surface area contributed by atoms with Crippen molar-refractivity contribution in [2.45, 2.75) is 17.9 Å². The molecule has 1 amide bonds. The van der Waals surface area contributed by atoms with Gasteiger partial charge in [0.1, 0.15) is 5.75 Å². The van der Waals surface area contributed by atoms with Crippen molar-refractivity contribution in [2.24, 2.45) is 0 Å². The Bertz CT molecular complexity index is 1530. The van der Waals surface area contributed by atoms with Crippen molar-refractivity contribution < 1.29 is 17.9 Å². The van der Waals surface area contributed by atoms with Crippen LogP contribution in [0.15, 0.2) is 89.8 Å². The largest absolute Gasteiger partial charge is 0.497 e. The lowest BCUT2D eigenvalue weighted by molar-refractivity contribution is 0.0785. The van der Waals surface area contributed by atoms with Crippen LogP contribution in [-0.2, 0) is 23.0 Å². The van der Waals surface area contributed by atoms with E-state index in [1.54, 1.807) is 37.3 Å². The van der Waals surface area contributed by atoms with Crippen LogP contribution in [0.5, 0.6) is 5.75 Å². The number of amides is 1. The number of para-hydroxylation sites is 1. The fourth-order valence-electron chi connectivity index (χ4n) is 4.54. The molecule has 0 fully saturated rings. The van der Waals surface area contributed by atoms with Gasteiger partial charge < -0.3 is 9.64 Å². The average Bonchev–Trinajstić information content (AvgIpc) is 3.33. The molecule has 0 aromatic heterocycles. The Kier molecular flexibility index (Phi) is 5.94. The monoisotopic (exact) mass is 486 g/mol. The van der Waals surface area contributed by atoms with E-state index in [-0.39, 0.29) is 10.8 Å². The summed E-state index contributed by atoms with van der Waals surface area (Å²) in [6.07, 6.45) is 0.676. The van der Waals surface area contributed by atoms with E-state index in [4.69, 9.17) is 4.74 Å². The molecule has 7 heteroatoms. The second-order valence-electron chi connectivity index (χ2n) is 8.69. The van der Waals surface area contributed by atoms with Crippen LogP contribution in [0.2, 0.25) is 0 Å². The van der Waals surface area contributed by atoms with Crippen LogP contribution in [-0.4, -0.2) is 39.9 Å². The lowest BCUT2D eigenvalue weighted by Gasteiger charge is -2.21. The minimum Gasteiger partial charge on any atom is -0.497 e. The molecule has 0 spiro atoms. The van der Waals surface area contributed by atoms with E-state index in [1.807, 2.05) is 60.7 Å². The Labute approximate surface area is 205 Å². The van der Waals surface area contributed by atoms with Crippen LogP contribution >= 0.6 is 0 Å². The third kappa shape index (κ3) is 4.35. The molecule has 0 atom stereocenters. The van der Waals surface area contributed by atoms with Gasteiger partial charge in [0.25, 0.3) is 15.9 Å². The van der Waals surface area contributed by atoms with Gasteiger partial charge in [-0.1, -0.05) is 42.5 Å². The highest BCUT2D eigenvalue weighted by Gasteiger charge is 2.31. The highest BCUT2D eigenvalue weighted by molar-refractivity contribution is 7.92. The van der Waals surface area contributed by atoms with Crippen molar-refractivity contribution >= 4 is 32.4 Å². The fourth-order valence-corrected chi connectivity index (χ4v) is 6.09. The van der Waals surface area contributed by atoms with Crippen molar-refractivity contribution in [3.63, 3.8) is 0 Å². The number of fused-ring (bicyclic) bond motifs is 2. The first kappa shape index (κ1) is 22.9. The zero-order valence-corrected chi connectivity index (χ0v) is 20.5. The first-order valence-corrected chi connectivity index (χ1v) is 12.8. The zero-order chi connectivity index (χ0) is 24.6. The van der Waals surface area contributed by atoms with Crippen molar-refractivity contribution in [2.75, 3.05) is 25.0 Å². The van der Waals surface area contributed by atoms with Crippen molar-refractivity contribution in [3.05, 3.63) is 102 Å². The van der Waals surface area contributed by atoms with Crippen molar-refractivity contribution in [1.82, 2.24) is 4.90 Å². The van der Waals surface area contributed by atoms with Gasteiger partial charge in [0.2, 0.25) is 0 Å². The van der Waals surface area contributed by atoms with Gasteiger partial charge in [-0.2, -0.15) is 0 Å². The summed E-state index contributed by atoms with van der Waals surface area (Å²) in [5, 5.41) is 2.12. The fraction of sp³-hybridized carbons (Fsp3) is 0.179. The van der Waals surface area contributed by atoms with E-state index >= 15 is 0 Å². The minimum absolute atomic E-state index is 0.119. The first-order valence-electron chi connectivity index (χ1n) is 11.4. The highest BCUT2D eigenvalue weighted by Crippen LogP contribution is 2.33. The van der Waals surface area contributed by atoms with Crippen LogP contribution in [0.3, 0.4) is 0 Å². The summed E-state index contributed by atoms with van der Waals surface area (Å²) in [7, 11) is -0.411. The van der Waals surface area contributed by atoms with Gasteiger partial charge in [0.05, 0.1) is 17.7 Å². The molecular weight excluding hydrogens is 460 g/mol. The van der Waals surface area contributed by atoms with E-state index in [0.717, 1.165) is 27.6 Å². The summed E-state index contributed by atoms with van der Waals surface area (Å²) in [5.41, 5.74) is 3.04. The van der Waals surface area contributed by atoms with Crippen molar-refractivity contribution in [1.29, 1.82) is 0 Å². The maximum Gasteiger partial charge on any atom is 0.264 e. The lowest BCUT2D eigenvalue weighted by atomic mass is 10.1. The van der Waals surface area contributed by atoms with E-state index in [1.165, 1.54) is 10.4 Å². The van der Waals surface area contributed by atoms with E-state index in [0.29, 0.717) is 30.8 Å². The summed E-state index contributed by atoms with van der Waals surface area (Å²) in [5.74, 6) is 0.559. The zero-order valence-electron chi connectivity index (χ0n) is 19.6. The topological polar surface area (TPSA) is 66.9 Å². The van der Waals surface area contributed by atoms with Gasteiger partial charge in [-0.05, 0) is 70.8 Å². The molecule has 4 aromatic rings. The molecule has 0 saturated heterocycles. The molecule has 178 valence electrons. The van der Waals surface area contributed by atoms with Gasteiger partial charge in [-0.15, -0.1) is 0 Å². The predicted octanol–water partition coefficient (Wildman–Crippen LogP) is 4.87. The van der Waals surface area contributed by atoms with Crippen LogP contribution in [0.25, 0.3) is 10.8 Å². The summed E-state index contributed by atoms with van der Waals surface area (Å²) < 4.78 is 33.5. The van der Waals surface area contributed by atoms with Crippen molar-refractivity contribution in [3.8, 4) is 5.75 Å². The third-order valence-electron chi connectivity index (χ3n) is 6.39. The smallest absolute Gasteiger partial charge is 0.264 e. The predicted molar refractivity (Wildman–Crippen MR) is 137 cm³/mol. The number of nitrogens with zero attached hydrogens (tertiary/aromatic N) is 2. The lowest BCUT2D eigenvalue weighted by Crippen LogP contribution is -2.30. The molecule has 6 nitrogen and oxygen atoms in total. The van der Waals surface area contributed by atoms with E-state index in [9.17, 15) is 13.2 Å². The number of sulfonamides is 1. The number of anilines is 1. The highest BCUT2D eigenvalue weighted by atomic mass is 32.2. The molecule has 0 bridgehead atoms. The maximum absolute atomic E-state index is 13.4. The van der Waals surface area contributed by atoms with Gasteiger partial charge in [-0.25, -0.2) is 8.42 Å².